The minimum Gasteiger partial charge on any atom is -0.435 e. The van der Waals surface area contributed by atoms with Gasteiger partial charge in [0.2, 0.25) is 0 Å². The molecular weight excluding hydrogens is 406 g/mol. The van der Waals surface area contributed by atoms with E-state index in [1.807, 2.05) is 6.92 Å². The Kier molecular flexibility index (Phi) is 4.50. The maximum absolute atomic E-state index is 12.3. The first kappa shape index (κ1) is 16.8. The molecule has 0 radical (unpaired) electrons. The molecule has 2 aromatic heterocycles. The number of carbonyl (C=O) groups excluding carboxylic acids is 1. The maximum Gasteiger partial charge on any atom is 0.387 e. The zero-order valence-electron chi connectivity index (χ0n) is 12.5. The highest BCUT2D eigenvalue weighted by Crippen LogP contribution is 2.30. The standard InChI is InChI=1S/C14H11BrF2N4O2S/c1-6-10(15)11(20-21(6)2)12(22)19-14-18-8-4-3-7(23-13(16)17)5-9(8)24-14/h3-5,13H,1-2H3,(H,18,19,22). The van der Waals surface area contributed by atoms with Gasteiger partial charge in [0.15, 0.2) is 10.8 Å². The normalized spacial score (nSPS) is 11.2. The number of carbonyl (C=O) groups is 1. The van der Waals surface area contributed by atoms with Crippen molar-refractivity contribution in [2.45, 2.75) is 13.5 Å². The predicted molar refractivity (Wildman–Crippen MR) is 89.9 cm³/mol. The molecule has 0 atom stereocenters. The van der Waals surface area contributed by atoms with Crippen molar-refractivity contribution in [3.05, 3.63) is 34.1 Å². The number of benzene rings is 1. The molecule has 0 aliphatic heterocycles. The van der Waals surface area contributed by atoms with Crippen LogP contribution in [0.3, 0.4) is 0 Å². The molecule has 1 aromatic carbocycles. The molecule has 10 heteroatoms. The number of hydrogen-bond donors (Lipinski definition) is 1. The summed E-state index contributed by atoms with van der Waals surface area (Å²) in [5.74, 6) is -0.365. The van der Waals surface area contributed by atoms with E-state index in [4.69, 9.17) is 0 Å². The lowest BCUT2D eigenvalue weighted by Gasteiger charge is -2.02. The lowest BCUT2D eigenvalue weighted by Crippen LogP contribution is -2.13. The Morgan fingerprint density at radius 1 is 1.46 bits per heavy atom. The predicted octanol–water partition coefficient (Wildman–Crippen LogP) is 3.95. The molecule has 2 heterocycles. The quantitative estimate of drug-likeness (QED) is 0.698. The molecule has 0 bridgehead atoms. The minimum absolute atomic E-state index is 0.0436. The number of hydrogen-bond acceptors (Lipinski definition) is 5. The van der Waals surface area contributed by atoms with Crippen molar-refractivity contribution in [3.63, 3.8) is 0 Å². The number of thiazole rings is 1. The van der Waals surface area contributed by atoms with E-state index in [9.17, 15) is 13.6 Å². The minimum atomic E-state index is -2.89. The molecule has 0 fully saturated rings. The fourth-order valence-corrected chi connectivity index (χ4v) is 3.42. The summed E-state index contributed by atoms with van der Waals surface area (Å²) in [6.07, 6.45) is 0. The number of aryl methyl sites for hydroxylation is 1. The first-order valence-electron chi connectivity index (χ1n) is 6.71. The van der Waals surface area contributed by atoms with Gasteiger partial charge in [-0.1, -0.05) is 11.3 Å². The van der Waals surface area contributed by atoms with Gasteiger partial charge in [0.25, 0.3) is 5.91 Å². The van der Waals surface area contributed by atoms with E-state index in [-0.39, 0.29) is 11.4 Å². The Morgan fingerprint density at radius 3 is 2.83 bits per heavy atom. The van der Waals surface area contributed by atoms with Crippen LogP contribution in [0.1, 0.15) is 16.2 Å². The smallest absolute Gasteiger partial charge is 0.387 e. The van der Waals surface area contributed by atoms with Gasteiger partial charge >= 0.3 is 6.61 Å². The Hall–Kier alpha value is -2.07. The van der Waals surface area contributed by atoms with Crippen LogP contribution in [-0.4, -0.2) is 27.3 Å². The third kappa shape index (κ3) is 3.24. The summed E-state index contributed by atoms with van der Waals surface area (Å²) in [6.45, 7) is -1.06. The molecule has 0 aliphatic rings. The second-order valence-electron chi connectivity index (χ2n) is 4.85. The molecule has 24 heavy (non-hydrogen) atoms. The highest BCUT2D eigenvalue weighted by Gasteiger charge is 2.19. The van der Waals surface area contributed by atoms with Crippen LogP contribution >= 0.6 is 27.3 Å². The molecule has 0 saturated carbocycles. The number of amides is 1. The highest BCUT2D eigenvalue weighted by molar-refractivity contribution is 9.10. The third-order valence-electron chi connectivity index (χ3n) is 3.28. The second-order valence-corrected chi connectivity index (χ2v) is 6.68. The first-order chi connectivity index (χ1) is 11.3. The molecule has 126 valence electrons. The van der Waals surface area contributed by atoms with Crippen LogP contribution in [-0.2, 0) is 7.05 Å². The number of fused-ring (bicyclic) bond motifs is 1. The van der Waals surface area contributed by atoms with Gasteiger partial charge in [-0.3, -0.25) is 14.8 Å². The van der Waals surface area contributed by atoms with Gasteiger partial charge in [0.05, 0.1) is 20.4 Å². The van der Waals surface area contributed by atoms with Gasteiger partial charge in [0, 0.05) is 7.05 Å². The second kappa shape index (κ2) is 6.44. The highest BCUT2D eigenvalue weighted by atomic mass is 79.9. The van der Waals surface area contributed by atoms with Gasteiger partial charge < -0.3 is 4.74 Å². The maximum atomic E-state index is 12.3. The molecule has 6 nitrogen and oxygen atoms in total. The van der Waals surface area contributed by atoms with Gasteiger partial charge in [-0.25, -0.2) is 4.98 Å². The van der Waals surface area contributed by atoms with Gasteiger partial charge in [-0.15, -0.1) is 0 Å². The number of nitrogens with zero attached hydrogens (tertiary/aromatic N) is 3. The monoisotopic (exact) mass is 416 g/mol. The van der Waals surface area contributed by atoms with Crippen LogP contribution < -0.4 is 10.1 Å². The van der Waals surface area contributed by atoms with Crippen LogP contribution in [0.5, 0.6) is 5.75 Å². The topological polar surface area (TPSA) is 69.0 Å². The van der Waals surface area contributed by atoms with Crippen molar-refractivity contribution in [2.24, 2.45) is 7.05 Å². The summed E-state index contributed by atoms with van der Waals surface area (Å²) >= 11 is 4.49. The summed E-state index contributed by atoms with van der Waals surface area (Å²) in [7, 11) is 1.74. The Labute approximate surface area is 147 Å². The van der Waals surface area contributed by atoms with Crippen molar-refractivity contribution in [1.82, 2.24) is 14.8 Å². The molecule has 0 spiro atoms. The van der Waals surface area contributed by atoms with E-state index in [2.05, 4.69) is 36.1 Å². The Morgan fingerprint density at radius 2 is 2.21 bits per heavy atom. The van der Waals surface area contributed by atoms with Crippen LogP contribution in [0.2, 0.25) is 0 Å². The number of halogens is 3. The summed E-state index contributed by atoms with van der Waals surface area (Å²) in [4.78, 5) is 16.6. The van der Waals surface area contributed by atoms with Crippen LogP contribution in [0.25, 0.3) is 10.2 Å². The summed E-state index contributed by atoms with van der Waals surface area (Å²) < 4.78 is 31.7. The van der Waals surface area contributed by atoms with Gasteiger partial charge in [0.1, 0.15) is 5.75 Å². The summed E-state index contributed by atoms with van der Waals surface area (Å²) in [6, 6.07) is 4.41. The lowest BCUT2D eigenvalue weighted by molar-refractivity contribution is -0.0497. The van der Waals surface area contributed by atoms with Crippen molar-refractivity contribution in [2.75, 3.05) is 5.32 Å². The molecule has 0 aliphatic carbocycles. The molecule has 0 unspecified atom stereocenters. The molecule has 0 saturated heterocycles. The van der Waals surface area contributed by atoms with E-state index < -0.39 is 12.5 Å². The zero-order valence-corrected chi connectivity index (χ0v) is 14.9. The molecule has 3 aromatic rings. The van der Waals surface area contributed by atoms with Crippen LogP contribution in [0.15, 0.2) is 22.7 Å². The van der Waals surface area contributed by atoms with E-state index in [0.29, 0.717) is 19.8 Å². The molecule has 3 rings (SSSR count). The Balaban J connectivity index is 1.84. The number of anilines is 1. The van der Waals surface area contributed by atoms with E-state index in [0.717, 1.165) is 17.0 Å². The van der Waals surface area contributed by atoms with E-state index in [1.165, 1.54) is 12.1 Å². The number of aromatic nitrogens is 3. The van der Waals surface area contributed by atoms with Crippen molar-refractivity contribution in [3.8, 4) is 5.75 Å². The van der Waals surface area contributed by atoms with E-state index >= 15 is 0 Å². The Bertz CT molecular complexity index is 925. The summed E-state index contributed by atoms with van der Waals surface area (Å²) in [5, 5.41) is 7.15. The number of ether oxygens (including phenoxy) is 1. The number of rotatable bonds is 4. The average molecular weight is 417 g/mol. The molecular formula is C14H11BrF2N4O2S. The largest absolute Gasteiger partial charge is 0.435 e. The number of nitrogens with one attached hydrogen (secondary N) is 1. The average Bonchev–Trinajstić information content (AvgIpc) is 3.01. The van der Waals surface area contributed by atoms with Crippen LogP contribution in [0.4, 0.5) is 13.9 Å². The summed E-state index contributed by atoms with van der Waals surface area (Å²) in [5.41, 5.74) is 1.64. The van der Waals surface area contributed by atoms with E-state index in [1.54, 1.807) is 17.8 Å². The zero-order chi connectivity index (χ0) is 17.4. The van der Waals surface area contributed by atoms with Crippen molar-refractivity contribution in [1.29, 1.82) is 0 Å². The first-order valence-corrected chi connectivity index (χ1v) is 8.32. The van der Waals surface area contributed by atoms with Crippen molar-refractivity contribution < 1.29 is 18.3 Å². The van der Waals surface area contributed by atoms with Gasteiger partial charge in [-0.05, 0) is 41.1 Å². The SMILES string of the molecule is Cc1c(Br)c(C(=O)Nc2nc3ccc(OC(F)F)cc3s2)nn1C. The van der Waals surface area contributed by atoms with Gasteiger partial charge in [-0.2, -0.15) is 13.9 Å². The molecule has 1 amide bonds. The number of alkyl halides is 2. The third-order valence-corrected chi connectivity index (χ3v) is 5.16. The van der Waals surface area contributed by atoms with Crippen LogP contribution in [0, 0.1) is 6.92 Å². The molecule has 1 N–H and O–H groups in total. The fraction of sp³-hybridized carbons (Fsp3) is 0.214. The fourth-order valence-electron chi connectivity index (χ4n) is 2.02. The lowest BCUT2D eigenvalue weighted by atomic mass is 10.3. The van der Waals surface area contributed by atoms with Crippen molar-refractivity contribution >= 4 is 48.5 Å².